The maximum Gasteiger partial charge on any atom is 0.329 e. The lowest BCUT2D eigenvalue weighted by molar-refractivity contribution is 0.255. The zero-order chi connectivity index (χ0) is 18.5. The number of hydrogen-bond donors (Lipinski definition) is 0. The number of amides is 2. The van der Waals surface area contributed by atoms with E-state index in [-0.39, 0.29) is 17.5 Å². The molecule has 0 unspecified atom stereocenters. The van der Waals surface area contributed by atoms with Crippen LogP contribution in [0.15, 0.2) is 48.5 Å². The van der Waals surface area contributed by atoms with Crippen molar-refractivity contribution in [3.63, 3.8) is 0 Å². The molecule has 2 fully saturated rings. The Hall–Kier alpha value is -2.05. The number of halogens is 1. The molecule has 4 rings (SSSR count). The van der Waals surface area contributed by atoms with Crippen LogP contribution < -0.4 is 9.80 Å². The predicted octanol–water partition coefficient (Wildman–Crippen LogP) is 3.51. The Bertz CT molecular complexity index is 959. The third kappa shape index (κ3) is 2.77. The fourth-order valence-electron chi connectivity index (χ4n) is 3.83. The maximum absolute atomic E-state index is 13.2. The van der Waals surface area contributed by atoms with E-state index >= 15 is 0 Å². The minimum absolute atomic E-state index is 0.0279. The lowest BCUT2D eigenvalue weighted by Gasteiger charge is -2.23. The molecule has 7 heteroatoms. The third-order valence-corrected chi connectivity index (χ3v) is 7.12. The summed E-state index contributed by atoms with van der Waals surface area (Å²) >= 11 is 6.30. The number of benzene rings is 2. The van der Waals surface area contributed by atoms with Crippen molar-refractivity contribution in [2.24, 2.45) is 0 Å². The summed E-state index contributed by atoms with van der Waals surface area (Å²) in [6.07, 6.45) is 0.903. The predicted molar refractivity (Wildman–Crippen MR) is 104 cm³/mol. The molecule has 2 aromatic rings. The molecule has 136 valence electrons. The maximum atomic E-state index is 13.2. The Kier molecular flexibility index (Phi) is 4.20. The minimum Gasteiger partial charge on any atom is -0.288 e. The van der Waals surface area contributed by atoms with Crippen LogP contribution in [-0.4, -0.2) is 38.0 Å². The number of fused-ring (bicyclic) bond motifs is 1. The summed E-state index contributed by atoms with van der Waals surface area (Å²) in [6, 6.07) is 13.7. The number of carbonyl (C=O) groups is 1. The monoisotopic (exact) mass is 390 g/mol. The first-order valence-electron chi connectivity index (χ1n) is 8.57. The van der Waals surface area contributed by atoms with E-state index in [9.17, 15) is 13.2 Å². The molecule has 2 amide bonds. The molecular weight excluding hydrogens is 372 g/mol. The standard InChI is InChI=1S/C19H19ClN2O3S/c1-2-13-7-9-14(10-8-13)21-17-11-26(24,25)12-18(17)22(19(21)23)16-6-4-3-5-15(16)20/h3-10,17-18H,2,11-12H2,1H3/t17-,18+/m1/s1. The van der Waals surface area contributed by atoms with Gasteiger partial charge in [0, 0.05) is 5.69 Å². The van der Waals surface area contributed by atoms with Gasteiger partial charge in [0.15, 0.2) is 9.84 Å². The highest BCUT2D eigenvalue weighted by molar-refractivity contribution is 7.91. The number of para-hydroxylation sites is 1. The summed E-state index contributed by atoms with van der Waals surface area (Å²) in [4.78, 5) is 16.4. The van der Waals surface area contributed by atoms with E-state index in [1.54, 1.807) is 34.1 Å². The van der Waals surface area contributed by atoms with Gasteiger partial charge < -0.3 is 0 Å². The number of rotatable bonds is 3. The van der Waals surface area contributed by atoms with Gasteiger partial charge in [0.2, 0.25) is 0 Å². The van der Waals surface area contributed by atoms with Crippen molar-refractivity contribution in [3.8, 4) is 0 Å². The van der Waals surface area contributed by atoms with Crippen LogP contribution in [0.3, 0.4) is 0 Å². The fraction of sp³-hybridized carbons (Fsp3) is 0.316. The van der Waals surface area contributed by atoms with Crippen LogP contribution in [0, 0.1) is 0 Å². The van der Waals surface area contributed by atoms with E-state index in [1.807, 2.05) is 24.3 Å². The normalized spacial score (nSPS) is 24.2. The Balaban J connectivity index is 1.80. The molecular formula is C19H19ClN2O3S. The van der Waals surface area contributed by atoms with Gasteiger partial charge in [-0.2, -0.15) is 0 Å². The second-order valence-electron chi connectivity index (χ2n) is 6.71. The number of nitrogens with zero attached hydrogens (tertiary/aromatic N) is 2. The van der Waals surface area contributed by atoms with Crippen molar-refractivity contribution in [1.29, 1.82) is 0 Å². The van der Waals surface area contributed by atoms with Gasteiger partial charge >= 0.3 is 6.03 Å². The Morgan fingerprint density at radius 2 is 1.62 bits per heavy atom. The van der Waals surface area contributed by atoms with E-state index < -0.39 is 21.9 Å². The minimum atomic E-state index is -3.22. The molecule has 5 nitrogen and oxygen atoms in total. The number of urea groups is 1. The van der Waals surface area contributed by atoms with Gasteiger partial charge in [-0.1, -0.05) is 42.8 Å². The zero-order valence-electron chi connectivity index (χ0n) is 14.3. The van der Waals surface area contributed by atoms with Crippen LogP contribution in [0.1, 0.15) is 12.5 Å². The molecule has 0 aliphatic carbocycles. The van der Waals surface area contributed by atoms with Crippen molar-refractivity contribution in [1.82, 2.24) is 0 Å². The molecule has 2 aromatic carbocycles. The van der Waals surface area contributed by atoms with Crippen molar-refractivity contribution < 1.29 is 13.2 Å². The van der Waals surface area contributed by atoms with E-state index in [2.05, 4.69) is 6.92 Å². The topological polar surface area (TPSA) is 57.7 Å². The largest absolute Gasteiger partial charge is 0.329 e. The van der Waals surface area contributed by atoms with Crippen LogP contribution in [0.5, 0.6) is 0 Å². The summed E-state index contributed by atoms with van der Waals surface area (Å²) in [5.41, 5.74) is 2.44. The van der Waals surface area contributed by atoms with Gasteiger partial charge in [-0.3, -0.25) is 9.80 Å². The van der Waals surface area contributed by atoms with Gasteiger partial charge in [-0.15, -0.1) is 0 Å². The Morgan fingerprint density at radius 1 is 1.00 bits per heavy atom. The van der Waals surface area contributed by atoms with E-state index in [4.69, 9.17) is 11.6 Å². The summed E-state index contributed by atoms with van der Waals surface area (Å²) in [5.74, 6) is -0.0714. The van der Waals surface area contributed by atoms with Crippen LogP contribution in [0.25, 0.3) is 0 Å². The highest BCUT2D eigenvalue weighted by Gasteiger charge is 2.54. The fourth-order valence-corrected chi connectivity index (χ4v) is 5.97. The lowest BCUT2D eigenvalue weighted by atomic mass is 10.1. The molecule has 0 bridgehead atoms. The lowest BCUT2D eigenvalue weighted by Crippen LogP contribution is -2.38. The molecule has 26 heavy (non-hydrogen) atoms. The van der Waals surface area contributed by atoms with Crippen molar-refractivity contribution >= 4 is 38.8 Å². The number of sulfone groups is 1. The average Bonchev–Trinajstić information content (AvgIpc) is 3.05. The molecule has 2 saturated heterocycles. The Morgan fingerprint density at radius 3 is 2.23 bits per heavy atom. The highest BCUT2D eigenvalue weighted by Crippen LogP contribution is 2.40. The number of carbonyl (C=O) groups excluding carboxylic acids is 1. The molecule has 0 N–H and O–H groups in total. The van der Waals surface area contributed by atoms with Gasteiger partial charge in [-0.05, 0) is 36.2 Å². The molecule has 0 aromatic heterocycles. The SMILES string of the molecule is CCc1ccc(N2C(=O)N(c3ccccc3Cl)[C@H]3CS(=O)(=O)C[C@H]32)cc1. The molecule has 2 aliphatic heterocycles. The molecule has 2 heterocycles. The second kappa shape index (κ2) is 6.28. The molecule has 2 aliphatic rings. The van der Waals surface area contributed by atoms with Crippen molar-refractivity contribution in [2.75, 3.05) is 21.3 Å². The molecule has 0 saturated carbocycles. The number of hydrogen-bond acceptors (Lipinski definition) is 3. The summed E-state index contributed by atoms with van der Waals surface area (Å²) in [5, 5.41) is 0.437. The summed E-state index contributed by atoms with van der Waals surface area (Å²) in [7, 11) is -3.22. The third-order valence-electron chi connectivity index (χ3n) is 5.10. The van der Waals surface area contributed by atoms with Crippen LogP contribution >= 0.6 is 11.6 Å². The smallest absolute Gasteiger partial charge is 0.288 e. The molecule has 2 atom stereocenters. The quantitative estimate of drug-likeness (QED) is 0.753. The molecule has 0 radical (unpaired) electrons. The second-order valence-corrected chi connectivity index (χ2v) is 9.27. The van der Waals surface area contributed by atoms with Crippen LogP contribution in [0.2, 0.25) is 5.02 Å². The average molecular weight is 391 g/mol. The van der Waals surface area contributed by atoms with Gasteiger partial charge in [0.25, 0.3) is 0 Å². The zero-order valence-corrected chi connectivity index (χ0v) is 15.9. The van der Waals surface area contributed by atoms with Gasteiger partial charge in [0.05, 0.1) is 34.3 Å². The number of aryl methyl sites for hydroxylation is 1. The summed E-state index contributed by atoms with van der Waals surface area (Å²) in [6.45, 7) is 2.06. The molecule has 0 spiro atoms. The summed E-state index contributed by atoms with van der Waals surface area (Å²) < 4.78 is 24.6. The highest BCUT2D eigenvalue weighted by atomic mass is 35.5. The Labute approximate surface area is 158 Å². The first kappa shape index (κ1) is 17.4. The van der Waals surface area contributed by atoms with E-state index in [0.29, 0.717) is 16.4 Å². The van der Waals surface area contributed by atoms with Crippen molar-refractivity contribution in [2.45, 2.75) is 25.4 Å². The first-order chi connectivity index (χ1) is 12.4. The van der Waals surface area contributed by atoms with Gasteiger partial charge in [-0.25, -0.2) is 13.2 Å². The van der Waals surface area contributed by atoms with E-state index in [0.717, 1.165) is 6.42 Å². The van der Waals surface area contributed by atoms with Crippen LogP contribution in [-0.2, 0) is 16.3 Å². The van der Waals surface area contributed by atoms with Gasteiger partial charge in [0.1, 0.15) is 0 Å². The van der Waals surface area contributed by atoms with Crippen LogP contribution in [0.4, 0.5) is 16.2 Å². The first-order valence-corrected chi connectivity index (χ1v) is 10.8. The number of anilines is 2. The van der Waals surface area contributed by atoms with Crippen molar-refractivity contribution in [3.05, 3.63) is 59.1 Å². The van der Waals surface area contributed by atoms with E-state index in [1.165, 1.54) is 5.56 Å².